The highest BCUT2D eigenvalue weighted by molar-refractivity contribution is 8.00. The highest BCUT2D eigenvalue weighted by Crippen LogP contribution is 2.21. The van der Waals surface area contributed by atoms with Gasteiger partial charge >= 0.3 is 5.97 Å². The number of thioether (sulfide) groups is 1. The summed E-state index contributed by atoms with van der Waals surface area (Å²) < 4.78 is 10.1. The van der Waals surface area contributed by atoms with Crippen LogP contribution in [-0.2, 0) is 14.3 Å². The standard InChI is InChI=1S/C14H19NO5S/c1-2-20-11-3-5-12(6-4-11)21-10-13(16)15-7-8-19-9-14(17)18/h3-6H,2,7-10H2,1H3,(H,15,16)(H,17,18). The summed E-state index contributed by atoms with van der Waals surface area (Å²) in [5, 5.41) is 11.0. The molecular formula is C14H19NO5S. The van der Waals surface area contributed by atoms with Gasteiger partial charge < -0.3 is 19.9 Å². The van der Waals surface area contributed by atoms with Gasteiger partial charge in [0.15, 0.2) is 0 Å². The van der Waals surface area contributed by atoms with Crippen molar-refractivity contribution in [2.45, 2.75) is 11.8 Å². The minimum Gasteiger partial charge on any atom is -0.494 e. The summed E-state index contributed by atoms with van der Waals surface area (Å²) in [5.41, 5.74) is 0. The molecule has 116 valence electrons. The number of carbonyl (C=O) groups excluding carboxylic acids is 1. The second kappa shape index (κ2) is 10.1. The minimum atomic E-state index is -1.02. The van der Waals surface area contributed by atoms with E-state index in [4.69, 9.17) is 14.6 Å². The molecule has 0 spiro atoms. The van der Waals surface area contributed by atoms with E-state index in [1.165, 1.54) is 11.8 Å². The van der Waals surface area contributed by atoms with Gasteiger partial charge in [0.25, 0.3) is 0 Å². The molecule has 0 radical (unpaired) electrons. The van der Waals surface area contributed by atoms with Crippen LogP contribution in [0.4, 0.5) is 0 Å². The molecule has 1 amide bonds. The van der Waals surface area contributed by atoms with E-state index in [-0.39, 0.29) is 19.1 Å². The molecule has 0 aliphatic carbocycles. The Kier molecular flexibility index (Phi) is 8.30. The van der Waals surface area contributed by atoms with Gasteiger partial charge in [-0.2, -0.15) is 0 Å². The Labute approximate surface area is 127 Å². The smallest absolute Gasteiger partial charge is 0.329 e. The summed E-state index contributed by atoms with van der Waals surface area (Å²) in [5.74, 6) is -0.0329. The van der Waals surface area contributed by atoms with Crippen molar-refractivity contribution in [2.24, 2.45) is 0 Å². The first-order valence-corrected chi connectivity index (χ1v) is 7.52. The monoisotopic (exact) mass is 313 g/mol. The summed E-state index contributed by atoms with van der Waals surface area (Å²) in [4.78, 5) is 22.7. The fourth-order valence-electron chi connectivity index (χ4n) is 1.42. The lowest BCUT2D eigenvalue weighted by molar-refractivity contribution is -0.142. The zero-order chi connectivity index (χ0) is 15.5. The van der Waals surface area contributed by atoms with Crippen molar-refractivity contribution in [3.63, 3.8) is 0 Å². The van der Waals surface area contributed by atoms with Crippen LogP contribution in [0.3, 0.4) is 0 Å². The third kappa shape index (κ3) is 8.21. The average molecular weight is 313 g/mol. The first kappa shape index (κ1) is 17.3. The number of benzene rings is 1. The lowest BCUT2D eigenvalue weighted by Crippen LogP contribution is -2.29. The van der Waals surface area contributed by atoms with Crippen LogP contribution < -0.4 is 10.1 Å². The molecule has 0 unspecified atom stereocenters. The van der Waals surface area contributed by atoms with E-state index in [0.717, 1.165) is 10.6 Å². The molecule has 1 aromatic carbocycles. The van der Waals surface area contributed by atoms with E-state index in [9.17, 15) is 9.59 Å². The summed E-state index contributed by atoms with van der Waals surface area (Å²) >= 11 is 1.42. The molecule has 2 N–H and O–H groups in total. The maximum absolute atomic E-state index is 11.6. The molecule has 7 heteroatoms. The molecule has 6 nitrogen and oxygen atoms in total. The molecule has 0 saturated carbocycles. The van der Waals surface area contributed by atoms with Gasteiger partial charge in [0.2, 0.25) is 5.91 Å². The number of aliphatic carboxylic acids is 1. The SMILES string of the molecule is CCOc1ccc(SCC(=O)NCCOCC(=O)O)cc1. The molecule has 1 aromatic rings. The van der Waals surface area contributed by atoms with Crippen molar-refractivity contribution >= 4 is 23.6 Å². The molecule has 0 bridgehead atoms. The van der Waals surface area contributed by atoms with E-state index >= 15 is 0 Å². The summed E-state index contributed by atoms with van der Waals surface area (Å²) in [6.07, 6.45) is 0. The van der Waals surface area contributed by atoms with Crippen LogP contribution in [0.25, 0.3) is 0 Å². The highest BCUT2D eigenvalue weighted by Gasteiger charge is 2.03. The van der Waals surface area contributed by atoms with E-state index in [1.807, 2.05) is 31.2 Å². The second-order valence-electron chi connectivity index (χ2n) is 3.99. The Morgan fingerprint density at radius 2 is 2.00 bits per heavy atom. The third-order valence-corrected chi connectivity index (χ3v) is 3.31. The number of nitrogens with one attached hydrogen (secondary N) is 1. The predicted molar refractivity (Wildman–Crippen MR) is 79.8 cm³/mol. The largest absolute Gasteiger partial charge is 0.494 e. The normalized spacial score (nSPS) is 10.1. The van der Waals surface area contributed by atoms with Crippen LogP contribution >= 0.6 is 11.8 Å². The van der Waals surface area contributed by atoms with Crippen molar-refractivity contribution in [2.75, 3.05) is 32.1 Å². The topological polar surface area (TPSA) is 84.9 Å². The number of carbonyl (C=O) groups is 2. The Morgan fingerprint density at radius 1 is 1.29 bits per heavy atom. The van der Waals surface area contributed by atoms with Crippen molar-refractivity contribution in [1.29, 1.82) is 0 Å². The van der Waals surface area contributed by atoms with E-state index in [1.54, 1.807) is 0 Å². The number of carboxylic acids is 1. The van der Waals surface area contributed by atoms with Gasteiger partial charge in [-0.3, -0.25) is 4.79 Å². The molecule has 0 fully saturated rings. The molecule has 0 atom stereocenters. The Hall–Kier alpha value is -1.73. The van der Waals surface area contributed by atoms with Gasteiger partial charge in [-0.05, 0) is 31.2 Å². The van der Waals surface area contributed by atoms with Crippen LogP contribution in [0.5, 0.6) is 5.75 Å². The van der Waals surface area contributed by atoms with Crippen LogP contribution in [-0.4, -0.2) is 49.1 Å². The average Bonchev–Trinajstić information content (AvgIpc) is 2.46. The first-order valence-electron chi connectivity index (χ1n) is 6.53. The summed E-state index contributed by atoms with van der Waals surface area (Å²) in [6.45, 7) is 2.69. The number of ether oxygens (including phenoxy) is 2. The molecular weight excluding hydrogens is 294 g/mol. The first-order chi connectivity index (χ1) is 10.1. The number of hydrogen-bond acceptors (Lipinski definition) is 5. The van der Waals surface area contributed by atoms with E-state index < -0.39 is 5.97 Å². The van der Waals surface area contributed by atoms with E-state index in [2.05, 4.69) is 5.32 Å². The van der Waals surface area contributed by atoms with E-state index in [0.29, 0.717) is 18.9 Å². The lowest BCUT2D eigenvalue weighted by Gasteiger charge is -2.06. The van der Waals surface area contributed by atoms with Crippen molar-refractivity contribution in [3.05, 3.63) is 24.3 Å². The third-order valence-electron chi connectivity index (χ3n) is 2.30. The summed E-state index contributed by atoms with van der Waals surface area (Å²) in [6, 6.07) is 7.53. The maximum Gasteiger partial charge on any atom is 0.329 e. The predicted octanol–water partition coefficient (Wildman–Crippen LogP) is 1.39. The second-order valence-corrected chi connectivity index (χ2v) is 5.04. The molecule has 0 saturated heterocycles. The quantitative estimate of drug-likeness (QED) is 0.502. The fourth-order valence-corrected chi connectivity index (χ4v) is 2.15. The Morgan fingerprint density at radius 3 is 2.62 bits per heavy atom. The van der Waals surface area contributed by atoms with Crippen molar-refractivity contribution in [3.8, 4) is 5.75 Å². The molecule has 21 heavy (non-hydrogen) atoms. The van der Waals surface area contributed by atoms with Crippen LogP contribution in [0, 0.1) is 0 Å². The highest BCUT2D eigenvalue weighted by atomic mass is 32.2. The molecule has 0 heterocycles. The maximum atomic E-state index is 11.6. The van der Waals surface area contributed by atoms with Gasteiger partial charge in [-0.25, -0.2) is 4.79 Å². The molecule has 0 aliphatic rings. The molecule has 1 rings (SSSR count). The Balaban J connectivity index is 2.16. The van der Waals surface area contributed by atoms with Crippen molar-refractivity contribution < 1.29 is 24.2 Å². The van der Waals surface area contributed by atoms with Gasteiger partial charge in [-0.15, -0.1) is 11.8 Å². The van der Waals surface area contributed by atoms with Gasteiger partial charge in [-0.1, -0.05) is 0 Å². The lowest BCUT2D eigenvalue weighted by atomic mass is 10.3. The zero-order valence-corrected chi connectivity index (χ0v) is 12.6. The van der Waals surface area contributed by atoms with Crippen LogP contribution in [0.2, 0.25) is 0 Å². The fraction of sp³-hybridized carbons (Fsp3) is 0.429. The van der Waals surface area contributed by atoms with Crippen LogP contribution in [0.15, 0.2) is 29.2 Å². The molecule has 0 aliphatic heterocycles. The van der Waals surface area contributed by atoms with Crippen molar-refractivity contribution in [1.82, 2.24) is 5.32 Å². The zero-order valence-electron chi connectivity index (χ0n) is 11.8. The Bertz CT molecular complexity index is 449. The number of rotatable bonds is 10. The number of hydrogen-bond donors (Lipinski definition) is 2. The number of carboxylic acid groups (broad SMARTS) is 1. The van der Waals surface area contributed by atoms with Gasteiger partial charge in [0.05, 0.1) is 19.0 Å². The van der Waals surface area contributed by atoms with Crippen LogP contribution in [0.1, 0.15) is 6.92 Å². The summed E-state index contributed by atoms with van der Waals surface area (Å²) in [7, 11) is 0. The number of amides is 1. The van der Waals surface area contributed by atoms with Gasteiger partial charge in [0.1, 0.15) is 12.4 Å². The molecule has 0 aromatic heterocycles. The van der Waals surface area contributed by atoms with Gasteiger partial charge in [0, 0.05) is 11.4 Å². The minimum absolute atomic E-state index is 0.118.